The molecule has 1 atom stereocenters. The minimum absolute atomic E-state index is 0.0565. The SMILES string of the molecule is CC(C)NC(=S)NC(CS(C)(=O)=O)C(=O)NCC#N. The summed E-state index contributed by atoms with van der Waals surface area (Å²) in [7, 11) is -3.36. The number of carbonyl (C=O) groups excluding carboxylic acids is 1. The maximum absolute atomic E-state index is 11.7. The lowest BCUT2D eigenvalue weighted by Crippen LogP contribution is -2.53. The summed E-state index contributed by atoms with van der Waals surface area (Å²) in [5.74, 6) is -0.982. The van der Waals surface area contributed by atoms with Gasteiger partial charge in [-0.1, -0.05) is 0 Å². The van der Waals surface area contributed by atoms with Gasteiger partial charge >= 0.3 is 0 Å². The molecule has 0 fully saturated rings. The van der Waals surface area contributed by atoms with Gasteiger partial charge in [0.25, 0.3) is 0 Å². The van der Waals surface area contributed by atoms with Gasteiger partial charge in [-0.3, -0.25) is 4.79 Å². The zero-order valence-electron chi connectivity index (χ0n) is 11.1. The number of nitrogens with one attached hydrogen (secondary N) is 3. The molecule has 3 N–H and O–H groups in total. The van der Waals surface area contributed by atoms with Crippen LogP contribution in [0.5, 0.6) is 0 Å². The zero-order valence-corrected chi connectivity index (χ0v) is 12.7. The third-order valence-electron chi connectivity index (χ3n) is 1.85. The van der Waals surface area contributed by atoms with Gasteiger partial charge < -0.3 is 16.0 Å². The van der Waals surface area contributed by atoms with Crippen molar-refractivity contribution in [1.82, 2.24) is 16.0 Å². The van der Waals surface area contributed by atoms with E-state index in [0.717, 1.165) is 6.26 Å². The third kappa shape index (κ3) is 9.21. The summed E-state index contributed by atoms with van der Waals surface area (Å²) in [5.41, 5.74) is 0. The Kier molecular flexibility index (Phi) is 7.33. The van der Waals surface area contributed by atoms with Crippen LogP contribution >= 0.6 is 12.2 Å². The lowest BCUT2D eigenvalue weighted by molar-refractivity contribution is -0.122. The number of thiocarbonyl (C=S) groups is 1. The molecular weight excluding hydrogens is 288 g/mol. The minimum atomic E-state index is -3.36. The first-order valence-electron chi connectivity index (χ1n) is 5.55. The van der Waals surface area contributed by atoms with Crippen LogP contribution in [-0.2, 0) is 14.6 Å². The van der Waals surface area contributed by atoms with Crippen LogP contribution in [0.15, 0.2) is 0 Å². The summed E-state index contributed by atoms with van der Waals surface area (Å²) >= 11 is 4.97. The Morgan fingerprint density at radius 2 is 1.95 bits per heavy atom. The zero-order chi connectivity index (χ0) is 15.1. The van der Waals surface area contributed by atoms with Crippen LogP contribution in [0.25, 0.3) is 0 Å². The van der Waals surface area contributed by atoms with Crippen molar-refractivity contribution in [3.63, 3.8) is 0 Å². The lowest BCUT2D eigenvalue weighted by atomic mass is 10.3. The molecule has 1 unspecified atom stereocenters. The molecule has 0 heterocycles. The summed E-state index contributed by atoms with van der Waals surface area (Å²) in [6.45, 7) is 3.52. The van der Waals surface area contributed by atoms with Crippen LogP contribution in [-0.4, -0.2) is 50.1 Å². The molecular formula is C10H18N4O3S2. The van der Waals surface area contributed by atoms with Crippen molar-refractivity contribution in [3.05, 3.63) is 0 Å². The Labute approximate surface area is 118 Å². The van der Waals surface area contributed by atoms with Gasteiger partial charge in [0.1, 0.15) is 22.4 Å². The largest absolute Gasteiger partial charge is 0.361 e. The Bertz CT molecular complexity index is 468. The molecule has 108 valence electrons. The normalized spacial score (nSPS) is 12.4. The van der Waals surface area contributed by atoms with E-state index in [1.807, 2.05) is 13.8 Å². The maximum Gasteiger partial charge on any atom is 0.244 e. The number of nitriles is 1. The van der Waals surface area contributed by atoms with Gasteiger partial charge in [0, 0.05) is 12.3 Å². The van der Waals surface area contributed by atoms with Gasteiger partial charge in [0.05, 0.1) is 11.8 Å². The maximum atomic E-state index is 11.7. The van der Waals surface area contributed by atoms with Gasteiger partial charge in [-0.2, -0.15) is 5.26 Å². The Morgan fingerprint density at radius 1 is 1.37 bits per heavy atom. The van der Waals surface area contributed by atoms with Crippen molar-refractivity contribution in [3.8, 4) is 6.07 Å². The molecule has 0 aliphatic heterocycles. The highest BCUT2D eigenvalue weighted by molar-refractivity contribution is 7.90. The molecule has 9 heteroatoms. The predicted octanol–water partition coefficient (Wildman–Crippen LogP) is -1.09. The van der Waals surface area contributed by atoms with E-state index in [1.165, 1.54) is 0 Å². The Balaban J connectivity index is 4.73. The second kappa shape index (κ2) is 7.91. The number of carbonyl (C=O) groups is 1. The number of hydrogen-bond acceptors (Lipinski definition) is 5. The van der Waals surface area contributed by atoms with E-state index in [9.17, 15) is 13.2 Å². The van der Waals surface area contributed by atoms with Gasteiger partial charge in [0.2, 0.25) is 5.91 Å². The first kappa shape index (κ1) is 17.6. The molecule has 0 spiro atoms. The van der Waals surface area contributed by atoms with Crippen LogP contribution in [0.3, 0.4) is 0 Å². The van der Waals surface area contributed by atoms with Crippen LogP contribution in [0.4, 0.5) is 0 Å². The van der Waals surface area contributed by atoms with E-state index in [4.69, 9.17) is 17.5 Å². The molecule has 0 saturated carbocycles. The van der Waals surface area contributed by atoms with Gasteiger partial charge in [0.15, 0.2) is 5.11 Å². The molecule has 0 radical (unpaired) electrons. The molecule has 0 aliphatic carbocycles. The highest BCUT2D eigenvalue weighted by Crippen LogP contribution is 1.93. The molecule has 7 nitrogen and oxygen atoms in total. The first-order chi connectivity index (χ1) is 8.65. The number of rotatable bonds is 6. The molecule has 19 heavy (non-hydrogen) atoms. The second-order valence-electron chi connectivity index (χ2n) is 4.29. The van der Waals surface area contributed by atoms with Gasteiger partial charge in [-0.15, -0.1) is 0 Å². The highest BCUT2D eigenvalue weighted by atomic mass is 32.2. The minimum Gasteiger partial charge on any atom is -0.361 e. The average Bonchev–Trinajstić information content (AvgIpc) is 2.21. The molecule has 0 saturated heterocycles. The van der Waals surface area contributed by atoms with Crippen LogP contribution in [0.2, 0.25) is 0 Å². The fourth-order valence-electron chi connectivity index (χ4n) is 1.20. The summed E-state index contributed by atoms with van der Waals surface area (Å²) in [5, 5.41) is 16.4. The second-order valence-corrected chi connectivity index (χ2v) is 6.89. The van der Waals surface area contributed by atoms with Crippen molar-refractivity contribution >= 4 is 33.1 Å². The number of sulfone groups is 1. The average molecular weight is 306 g/mol. The fourth-order valence-corrected chi connectivity index (χ4v) is 2.42. The lowest BCUT2D eigenvalue weighted by Gasteiger charge is -2.20. The van der Waals surface area contributed by atoms with Crippen molar-refractivity contribution in [1.29, 1.82) is 5.26 Å². The standard InChI is InChI=1S/C10H18N4O3S2/c1-7(2)13-10(18)14-8(6-19(3,16)17)9(15)12-5-4-11/h7-8H,5-6H2,1-3H3,(H,12,15)(H2,13,14,18). The molecule has 0 aromatic carbocycles. The van der Waals surface area contributed by atoms with Crippen LogP contribution in [0.1, 0.15) is 13.8 Å². The summed E-state index contributed by atoms with van der Waals surface area (Å²) < 4.78 is 22.5. The van der Waals surface area contributed by atoms with Crippen molar-refractivity contribution in [2.24, 2.45) is 0 Å². The molecule has 0 aromatic rings. The molecule has 0 rings (SSSR count). The van der Waals surface area contributed by atoms with E-state index in [-0.39, 0.29) is 17.7 Å². The van der Waals surface area contributed by atoms with E-state index in [0.29, 0.717) is 0 Å². The molecule has 0 aliphatic rings. The summed E-state index contributed by atoms with van der Waals surface area (Å²) in [6.07, 6.45) is 1.03. The Morgan fingerprint density at radius 3 is 2.37 bits per heavy atom. The van der Waals surface area contributed by atoms with Crippen molar-refractivity contribution in [2.75, 3.05) is 18.6 Å². The fraction of sp³-hybridized carbons (Fsp3) is 0.700. The van der Waals surface area contributed by atoms with E-state index in [1.54, 1.807) is 6.07 Å². The highest BCUT2D eigenvalue weighted by Gasteiger charge is 2.23. The smallest absolute Gasteiger partial charge is 0.244 e. The van der Waals surface area contributed by atoms with E-state index in [2.05, 4.69) is 16.0 Å². The van der Waals surface area contributed by atoms with Crippen molar-refractivity contribution in [2.45, 2.75) is 25.9 Å². The van der Waals surface area contributed by atoms with Gasteiger partial charge in [-0.05, 0) is 26.1 Å². The van der Waals surface area contributed by atoms with Crippen LogP contribution in [0, 0.1) is 11.3 Å². The quantitative estimate of drug-likeness (QED) is 0.422. The van der Waals surface area contributed by atoms with E-state index >= 15 is 0 Å². The summed E-state index contributed by atoms with van der Waals surface area (Å²) in [6, 6.07) is 0.775. The topological polar surface area (TPSA) is 111 Å². The molecule has 0 bridgehead atoms. The third-order valence-corrected chi connectivity index (χ3v) is 3.03. The number of hydrogen-bond donors (Lipinski definition) is 3. The summed E-state index contributed by atoms with van der Waals surface area (Å²) in [4.78, 5) is 11.7. The van der Waals surface area contributed by atoms with Crippen molar-refractivity contribution < 1.29 is 13.2 Å². The van der Waals surface area contributed by atoms with E-state index < -0.39 is 27.5 Å². The van der Waals surface area contributed by atoms with Crippen LogP contribution < -0.4 is 16.0 Å². The molecule has 0 aromatic heterocycles. The number of amides is 1. The molecule has 1 amide bonds. The Hall–Kier alpha value is -1.40. The number of nitrogens with zero attached hydrogens (tertiary/aromatic N) is 1. The predicted molar refractivity (Wildman–Crippen MR) is 76.1 cm³/mol. The first-order valence-corrected chi connectivity index (χ1v) is 8.02. The monoisotopic (exact) mass is 306 g/mol. The van der Waals surface area contributed by atoms with Gasteiger partial charge in [-0.25, -0.2) is 8.42 Å².